The third kappa shape index (κ3) is 2.52. The van der Waals surface area contributed by atoms with Gasteiger partial charge in [0.1, 0.15) is 5.69 Å². The fourth-order valence-corrected chi connectivity index (χ4v) is 2.43. The molecule has 1 aromatic rings. The summed E-state index contributed by atoms with van der Waals surface area (Å²) in [6.07, 6.45) is 2.37. The van der Waals surface area contributed by atoms with Crippen molar-refractivity contribution in [3.05, 3.63) is 23.5 Å². The molecule has 2 nitrogen and oxygen atoms in total. The second kappa shape index (κ2) is 4.54. The first kappa shape index (κ1) is 11.0. The third-order valence-electron chi connectivity index (χ3n) is 2.36. The quantitative estimate of drug-likeness (QED) is 0.598. The summed E-state index contributed by atoms with van der Waals surface area (Å²) < 4.78 is 0. The minimum Gasteiger partial charge on any atom is -0.274 e. The first-order valence-electron chi connectivity index (χ1n) is 5.06. The number of carbonyl (C=O) groups is 1. The van der Waals surface area contributed by atoms with Crippen LogP contribution in [0.25, 0.3) is 0 Å². The van der Waals surface area contributed by atoms with E-state index in [0.29, 0.717) is 11.6 Å². The smallest absolute Gasteiger partial charge is 0.271 e. The highest BCUT2D eigenvalue weighted by Gasteiger charge is 2.26. The van der Waals surface area contributed by atoms with E-state index in [1.165, 1.54) is 12.8 Å². The van der Waals surface area contributed by atoms with Crippen molar-refractivity contribution in [2.45, 2.75) is 30.6 Å². The number of thioether (sulfide) groups is 1. The summed E-state index contributed by atoms with van der Waals surface area (Å²) in [6.45, 7) is 2.04. The predicted octanol–water partition coefficient (Wildman–Crippen LogP) is 3.45. The van der Waals surface area contributed by atoms with Gasteiger partial charge in [0, 0.05) is 16.5 Å². The van der Waals surface area contributed by atoms with Crippen LogP contribution in [0, 0.1) is 0 Å². The Bertz CT molecular complexity index is 390. The maximum atomic E-state index is 11.2. The van der Waals surface area contributed by atoms with Gasteiger partial charge in [-0.05, 0) is 42.3 Å². The molecule has 0 aliphatic heterocycles. The molecule has 1 aliphatic rings. The fraction of sp³-hybridized carbons (Fsp3) is 0.455. The monoisotopic (exact) mass is 241 g/mol. The van der Waals surface area contributed by atoms with Gasteiger partial charge < -0.3 is 0 Å². The SMILES string of the molecule is CCSc1ccc(C2CC2)nc1C(=O)Cl. The van der Waals surface area contributed by atoms with Gasteiger partial charge in [-0.15, -0.1) is 11.8 Å². The zero-order valence-corrected chi connectivity index (χ0v) is 10.1. The molecule has 0 bridgehead atoms. The van der Waals surface area contributed by atoms with Gasteiger partial charge in [-0.3, -0.25) is 4.79 Å². The molecular formula is C11H12ClNOS. The molecule has 1 aliphatic carbocycles. The van der Waals surface area contributed by atoms with Crippen molar-refractivity contribution in [3.63, 3.8) is 0 Å². The molecule has 0 amide bonds. The molecule has 80 valence electrons. The van der Waals surface area contributed by atoms with Crippen LogP contribution in [0.2, 0.25) is 0 Å². The van der Waals surface area contributed by atoms with Crippen LogP contribution in [-0.2, 0) is 0 Å². The molecule has 1 aromatic heterocycles. The van der Waals surface area contributed by atoms with E-state index in [0.717, 1.165) is 16.3 Å². The lowest BCUT2D eigenvalue weighted by Crippen LogP contribution is -2.00. The van der Waals surface area contributed by atoms with Crippen molar-refractivity contribution in [3.8, 4) is 0 Å². The zero-order valence-electron chi connectivity index (χ0n) is 8.50. The Morgan fingerprint density at radius 2 is 2.33 bits per heavy atom. The zero-order chi connectivity index (χ0) is 10.8. The number of nitrogens with zero attached hydrogens (tertiary/aromatic N) is 1. The van der Waals surface area contributed by atoms with Crippen LogP contribution in [0.1, 0.15) is 41.9 Å². The number of pyridine rings is 1. The normalized spacial score (nSPS) is 15.3. The topological polar surface area (TPSA) is 30.0 Å². The van der Waals surface area contributed by atoms with E-state index in [1.54, 1.807) is 11.8 Å². The van der Waals surface area contributed by atoms with Crippen LogP contribution >= 0.6 is 23.4 Å². The lowest BCUT2D eigenvalue weighted by atomic mass is 10.2. The van der Waals surface area contributed by atoms with Crippen LogP contribution in [0.15, 0.2) is 17.0 Å². The molecule has 0 N–H and O–H groups in total. The van der Waals surface area contributed by atoms with Crippen molar-refractivity contribution in [2.75, 3.05) is 5.75 Å². The summed E-state index contributed by atoms with van der Waals surface area (Å²) in [5.41, 5.74) is 1.44. The van der Waals surface area contributed by atoms with Crippen LogP contribution in [0.3, 0.4) is 0 Å². The molecule has 0 radical (unpaired) electrons. The van der Waals surface area contributed by atoms with Crippen LogP contribution in [0.4, 0.5) is 0 Å². The van der Waals surface area contributed by atoms with E-state index in [9.17, 15) is 4.79 Å². The van der Waals surface area contributed by atoms with Crippen LogP contribution < -0.4 is 0 Å². The Hall–Kier alpha value is -0.540. The maximum absolute atomic E-state index is 11.2. The largest absolute Gasteiger partial charge is 0.274 e. The molecular weight excluding hydrogens is 230 g/mol. The minimum atomic E-state index is -0.451. The summed E-state index contributed by atoms with van der Waals surface area (Å²) >= 11 is 7.13. The van der Waals surface area contributed by atoms with E-state index in [1.807, 2.05) is 19.1 Å². The molecule has 0 atom stereocenters. The summed E-state index contributed by atoms with van der Waals surface area (Å²) in [5, 5.41) is -0.451. The average molecular weight is 242 g/mol. The number of carbonyl (C=O) groups excluding carboxylic acids is 1. The number of aromatic nitrogens is 1. The number of halogens is 1. The van der Waals surface area contributed by atoms with Crippen LogP contribution in [0.5, 0.6) is 0 Å². The molecule has 2 rings (SSSR count). The predicted molar refractivity (Wildman–Crippen MR) is 62.8 cm³/mol. The number of rotatable bonds is 4. The third-order valence-corrected chi connectivity index (χ3v) is 3.47. The number of hydrogen-bond acceptors (Lipinski definition) is 3. The van der Waals surface area contributed by atoms with Gasteiger partial charge in [0.05, 0.1) is 0 Å². The first-order chi connectivity index (χ1) is 7.22. The lowest BCUT2D eigenvalue weighted by Gasteiger charge is -2.05. The van der Waals surface area contributed by atoms with E-state index in [-0.39, 0.29) is 0 Å². The highest BCUT2D eigenvalue weighted by Crippen LogP contribution is 2.39. The first-order valence-corrected chi connectivity index (χ1v) is 6.42. The minimum absolute atomic E-state index is 0.424. The van der Waals surface area contributed by atoms with Gasteiger partial charge in [0.25, 0.3) is 5.24 Å². The molecule has 0 aromatic carbocycles. The lowest BCUT2D eigenvalue weighted by molar-refractivity contribution is 0.107. The Morgan fingerprint density at radius 1 is 1.60 bits per heavy atom. The van der Waals surface area contributed by atoms with E-state index >= 15 is 0 Å². The standard InChI is InChI=1S/C11H12ClNOS/c1-2-15-9-6-5-8(7-3-4-7)13-10(9)11(12)14/h5-7H,2-4H2,1H3. The second-order valence-corrected chi connectivity index (χ2v) is 5.21. The Labute approximate surface area is 98.4 Å². The molecule has 1 fully saturated rings. The second-order valence-electron chi connectivity index (χ2n) is 3.56. The van der Waals surface area contributed by atoms with E-state index < -0.39 is 5.24 Å². The van der Waals surface area contributed by atoms with Crippen molar-refractivity contribution < 1.29 is 4.79 Å². The van der Waals surface area contributed by atoms with Crippen molar-refractivity contribution in [1.29, 1.82) is 0 Å². The van der Waals surface area contributed by atoms with Gasteiger partial charge in [-0.1, -0.05) is 6.92 Å². The molecule has 15 heavy (non-hydrogen) atoms. The molecule has 0 spiro atoms. The van der Waals surface area contributed by atoms with Gasteiger partial charge in [-0.25, -0.2) is 4.98 Å². The summed E-state index contributed by atoms with van der Waals surface area (Å²) in [4.78, 5) is 16.5. The van der Waals surface area contributed by atoms with Crippen molar-refractivity contribution in [2.24, 2.45) is 0 Å². The summed E-state index contributed by atoms with van der Waals surface area (Å²) in [6, 6.07) is 3.98. The highest BCUT2D eigenvalue weighted by atomic mass is 35.5. The Kier molecular flexibility index (Phi) is 3.32. The van der Waals surface area contributed by atoms with Crippen molar-refractivity contribution >= 4 is 28.6 Å². The molecule has 1 heterocycles. The molecule has 1 saturated carbocycles. The fourth-order valence-electron chi connectivity index (χ4n) is 1.48. The van der Waals surface area contributed by atoms with Gasteiger partial charge in [0.2, 0.25) is 0 Å². The molecule has 0 saturated heterocycles. The molecule has 0 unspecified atom stereocenters. The summed E-state index contributed by atoms with van der Waals surface area (Å²) in [5.74, 6) is 1.47. The summed E-state index contributed by atoms with van der Waals surface area (Å²) in [7, 11) is 0. The van der Waals surface area contributed by atoms with E-state index in [4.69, 9.17) is 11.6 Å². The Morgan fingerprint density at radius 3 is 2.87 bits per heavy atom. The van der Waals surface area contributed by atoms with Gasteiger partial charge in [0.15, 0.2) is 0 Å². The maximum Gasteiger partial charge on any atom is 0.271 e. The average Bonchev–Trinajstić information content (AvgIpc) is 3.02. The highest BCUT2D eigenvalue weighted by molar-refractivity contribution is 7.99. The van der Waals surface area contributed by atoms with Crippen LogP contribution in [-0.4, -0.2) is 16.0 Å². The van der Waals surface area contributed by atoms with Gasteiger partial charge in [-0.2, -0.15) is 0 Å². The van der Waals surface area contributed by atoms with Crippen molar-refractivity contribution in [1.82, 2.24) is 4.98 Å². The van der Waals surface area contributed by atoms with Gasteiger partial charge >= 0.3 is 0 Å². The number of hydrogen-bond donors (Lipinski definition) is 0. The Balaban J connectivity index is 2.34. The van der Waals surface area contributed by atoms with E-state index in [2.05, 4.69) is 4.98 Å². The molecule has 4 heteroatoms.